The van der Waals surface area contributed by atoms with Crippen LogP contribution in [-0.2, 0) is 17.9 Å². The molecule has 2 atom stereocenters. The van der Waals surface area contributed by atoms with Crippen molar-refractivity contribution in [2.24, 2.45) is 0 Å². The maximum atomic E-state index is 14.2. The quantitative estimate of drug-likeness (QED) is 0.595. The molecule has 152 valence electrons. The summed E-state index contributed by atoms with van der Waals surface area (Å²) in [6.07, 6.45) is 1.26. The number of halogens is 1. The average molecular weight is 397 g/mol. The van der Waals surface area contributed by atoms with Crippen molar-refractivity contribution in [2.45, 2.75) is 44.6 Å². The summed E-state index contributed by atoms with van der Waals surface area (Å²) in [7, 11) is 0. The number of hydrogen-bond donors (Lipinski definition) is 3. The maximum absolute atomic E-state index is 14.2. The molecular formula is C22H24FN3O3. The van der Waals surface area contributed by atoms with Crippen LogP contribution in [0, 0.1) is 5.82 Å². The second-order valence-corrected chi connectivity index (χ2v) is 7.47. The van der Waals surface area contributed by atoms with Gasteiger partial charge in [-0.25, -0.2) is 9.37 Å². The molecule has 0 aliphatic carbocycles. The Morgan fingerprint density at radius 1 is 1.28 bits per heavy atom. The summed E-state index contributed by atoms with van der Waals surface area (Å²) in [5.74, 6) is -0.00124. The Bertz CT molecular complexity index is 1030. The Labute approximate surface area is 168 Å². The van der Waals surface area contributed by atoms with Gasteiger partial charge in [0.25, 0.3) is 0 Å². The van der Waals surface area contributed by atoms with Gasteiger partial charge in [0.15, 0.2) is 5.78 Å². The molecule has 2 aromatic carbocycles. The highest BCUT2D eigenvalue weighted by molar-refractivity contribution is 5.86. The summed E-state index contributed by atoms with van der Waals surface area (Å²) in [5.41, 5.74) is 2.45. The van der Waals surface area contributed by atoms with Gasteiger partial charge >= 0.3 is 0 Å². The lowest BCUT2D eigenvalue weighted by atomic mass is 9.97. The molecule has 1 aromatic heterocycles. The zero-order chi connectivity index (χ0) is 20.4. The smallest absolute Gasteiger partial charge is 0.154 e. The van der Waals surface area contributed by atoms with Crippen LogP contribution in [0.5, 0.6) is 0 Å². The summed E-state index contributed by atoms with van der Waals surface area (Å²) in [4.78, 5) is 17.1. The van der Waals surface area contributed by atoms with Crippen LogP contribution in [0.25, 0.3) is 22.2 Å². The molecule has 1 aliphatic heterocycles. The molecule has 3 aromatic rings. The van der Waals surface area contributed by atoms with Gasteiger partial charge in [0.1, 0.15) is 18.2 Å². The summed E-state index contributed by atoms with van der Waals surface area (Å²) in [6, 6.07) is 11.6. The number of ketones is 1. The van der Waals surface area contributed by atoms with Gasteiger partial charge in [-0.1, -0.05) is 24.3 Å². The molecule has 0 bridgehead atoms. The predicted molar refractivity (Wildman–Crippen MR) is 108 cm³/mol. The van der Waals surface area contributed by atoms with E-state index in [1.165, 1.54) is 6.07 Å². The fraction of sp³-hybridized carbons (Fsp3) is 0.364. The third-order valence-corrected chi connectivity index (χ3v) is 5.48. The number of aliphatic hydroxyl groups is 2. The Morgan fingerprint density at radius 3 is 2.86 bits per heavy atom. The SMILES string of the molecule is O=C(C[C@H]1NCCC[C@@H]1O)Cn1c(CO)nc2ccc(-c3ccccc3F)cc21. The minimum absolute atomic E-state index is 0.0397. The molecule has 0 amide bonds. The molecule has 7 heteroatoms. The highest BCUT2D eigenvalue weighted by atomic mass is 19.1. The first kappa shape index (κ1) is 19.7. The molecule has 2 heterocycles. The van der Waals surface area contributed by atoms with Crippen molar-refractivity contribution < 1.29 is 19.4 Å². The van der Waals surface area contributed by atoms with Gasteiger partial charge in [0.05, 0.1) is 23.7 Å². The number of aromatic nitrogens is 2. The van der Waals surface area contributed by atoms with Crippen LogP contribution in [0.2, 0.25) is 0 Å². The predicted octanol–water partition coefficient (Wildman–Crippen LogP) is 2.41. The number of fused-ring (bicyclic) bond motifs is 1. The van der Waals surface area contributed by atoms with Crippen molar-refractivity contribution in [1.82, 2.24) is 14.9 Å². The number of nitrogens with zero attached hydrogens (tertiary/aromatic N) is 2. The minimum Gasteiger partial charge on any atom is -0.391 e. The van der Waals surface area contributed by atoms with Gasteiger partial charge in [0.2, 0.25) is 0 Å². The molecule has 1 fully saturated rings. The van der Waals surface area contributed by atoms with Crippen LogP contribution in [0.1, 0.15) is 25.1 Å². The Balaban J connectivity index is 1.64. The number of benzene rings is 2. The molecule has 0 saturated carbocycles. The first-order chi connectivity index (χ1) is 14.1. The third-order valence-electron chi connectivity index (χ3n) is 5.48. The lowest BCUT2D eigenvalue weighted by molar-refractivity contribution is -0.121. The lowest BCUT2D eigenvalue weighted by Crippen LogP contribution is -2.46. The number of hydrogen-bond acceptors (Lipinski definition) is 5. The normalized spacial score (nSPS) is 19.6. The fourth-order valence-corrected chi connectivity index (χ4v) is 3.96. The number of rotatable bonds is 6. The highest BCUT2D eigenvalue weighted by Crippen LogP contribution is 2.27. The number of aliphatic hydroxyl groups excluding tert-OH is 2. The molecule has 6 nitrogen and oxygen atoms in total. The van der Waals surface area contributed by atoms with E-state index in [2.05, 4.69) is 10.3 Å². The van der Waals surface area contributed by atoms with E-state index >= 15 is 0 Å². The lowest BCUT2D eigenvalue weighted by Gasteiger charge is -2.28. The number of imidazole rings is 1. The van der Waals surface area contributed by atoms with Crippen LogP contribution in [0.3, 0.4) is 0 Å². The second-order valence-electron chi connectivity index (χ2n) is 7.47. The van der Waals surface area contributed by atoms with E-state index in [0.29, 0.717) is 34.4 Å². The van der Waals surface area contributed by atoms with Crippen LogP contribution in [0.15, 0.2) is 42.5 Å². The van der Waals surface area contributed by atoms with E-state index in [9.17, 15) is 19.4 Å². The number of Topliss-reactive ketones (excluding diaryl/α,β-unsaturated/α-hetero) is 1. The van der Waals surface area contributed by atoms with E-state index in [0.717, 1.165) is 13.0 Å². The van der Waals surface area contributed by atoms with Gasteiger partial charge in [-0.3, -0.25) is 4.79 Å². The molecule has 0 radical (unpaired) electrons. The van der Waals surface area contributed by atoms with Gasteiger partial charge in [-0.05, 0) is 43.1 Å². The molecule has 0 spiro atoms. The molecule has 29 heavy (non-hydrogen) atoms. The molecular weight excluding hydrogens is 373 g/mol. The number of nitrogens with one attached hydrogen (secondary N) is 1. The van der Waals surface area contributed by atoms with Crippen molar-refractivity contribution in [3.63, 3.8) is 0 Å². The van der Waals surface area contributed by atoms with E-state index in [4.69, 9.17) is 0 Å². The first-order valence-corrected chi connectivity index (χ1v) is 9.85. The monoisotopic (exact) mass is 397 g/mol. The van der Waals surface area contributed by atoms with Gasteiger partial charge in [-0.2, -0.15) is 0 Å². The summed E-state index contributed by atoms with van der Waals surface area (Å²) >= 11 is 0. The Kier molecular flexibility index (Phi) is 5.71. The van der Waals surface area contributed by atoms with E-state index in [1.807, 2.05) is 0 Å². The van der Waals surface area contributed by atoms with Crippen LogP contribution in [-0.4, -0.2) is 44.2 Å². The largest absolute Gasteiger partial charge is 0.391 e. The summed E-state index contributed by atoms with van der Waals surface area (Å²) in [5, 5.41) is 23.0. The Hall–Kier alpha value is -2.61. The third kappa shape index (κ3) is 4.07. The molecule has 1 saturated heterocycles. The fourth-order valence-electron chi connectivity index (χ4n) is 3.96. The maximum Gasteiger partial charge on any atom is 0.154 e. The zero-order valence-electron chi connectivity index (χ0n) is 16.0. The number of carbonyl (C=O) groups is 1. The molecule has 3 N–H and O–H groups in total. The first-order valence-electron chi connectivity index (χ1n) is 9.85. The minimum atomic E-state index is -0.530. The van der Waals surface area contributed by atoms with Gasteiger partial charge in [-0.15, -0.1) is 0 Å². The molecule has 0 unspecified atom stereocenters. The average Bonchev–Trinajstić information content (AvgIpc) is 3.07. The highest BCUT2D eigenvalue weighted by Gasteiger charge is 2.25. The standard InChI is InChI=1S/C22H24FN3O3/c23-17-5-2-1-4-16(17)14-7-8-18-20(10-14)26(22(13-27)25-18)12-15(28)11-19-21(29)6-3-9-24-19/h1-2,4-5,7-8,10,19,21,24,27,29H,3,6,9,11-13H2/t19-,21+/m1/s1. The van der Waals surface area contributed by atoms with Gasteiger partial charge in [0, 0.05) is 18.0 Å². The number of carbonyl (C=O) groups excluding carboxylic acids is 1. The molecule has 1 aliphatic rings. The number of piperidine rings is 1. The zero-order valence-corrected chi connectivity index (χ0v) is 16.0. The summed E-state index contributed by atoms with van der Waals surface area (Å²) < 4.78 is 15.9. The molecule has 4 rings (SSSR count). The van der Waals surface area contributed by atoms with E-state index in [-0.39, 0.29) is 37.2 Å². The topological polar surface area (TPSA) is 87.4 Å². The van der Waals surface area contributed by atoms with Crippen LogP contribution >= 0.6 is 0 Å². The Morgan fingerprint density at radius 2 is 2.10 bits per heavy atom. The van der Waals surface area contributed by atoms with Crippen LogP contribution < -0.4 is 5.32 Å². The van der Waals surface area contributed by atoms with Crippen LogP contribution in [0.4, 0.5) is 4.39 Å². The second kappa shape index (κ2) is 8.41. The summed E-state index contributed by atoms with van der Waals surface area (Å²) in [6.45, 7) is 0.524. The van der Waals surface area contributed by atoms with E-state index in [1.54, 1.807) is 41.0 Å². The van der Waals surface area contributed by atoms with Gasteiger partial charge < -0.3 is 20.1 Å². The van der Waals surface area contributed by atoms with Crippen molar-refractivity contribution in [2.75, 3.05) is 6.54 Å². The van der Waals surface area contributed by atoms with Crippen molar-refractivity contribution in [3.05, 3.63) is 54.1 Å². The van der Waals surface area contributed by atoms with E-state index < -0.39 is 6.10 Å². The van der Waals surface area contributed by atoms with Crippen molar-refractivity contribution in [3.8, 4) is 11.1 Å². The van der Waals surface area contributed by atoms with Crippen molar-refractivity contribution in [1.29, 1.82) is 0 Å². The van der Waals surface area contributed by atoms with Crippen molar-refractivity contribution >= 4 is 16.8 Å².